The first kappa shape index (κ1) is 57.6. The molecule has 0 rings (SSSR count). The molecule has 0 aromatic heterocycles. The molecule has 0 saturated heterocycles. The molecule has 0 saturated carbocycles. The number of allylic oxidation sites excluding steroid dienone is 14. The van der Waals surface area contributed by atoms with E-state index in [1.54, 1.807) is 0 Å². The summed E-state index contributed by atoms with van der Waals surface area (Å²) in [5.41, 5.74) is 0. The highest BCUT2D eigenvalue weighted by molar-refractivity contribution is 5.71. The number of esters is 3. The monoisotopic (exact) mass is 849 g/mol. The predicted molar refractivity (Wildman–Crippen MR) is 261 cm³/mol. The fourth-order valence-corrected chi connectivity index (χ4v) is 6.56. The van der Waals surface area contributed by atoms with Crippen LogP contribution in [-0.2, 0) is 28.6 Å². The lowest BCUT2D eigenvalue weighted by atomic mass is 10.1. The van der Waals surface area contributed by atoms with E-state index in [1.165, 1.54) is 103 Å². The second kappa shape index (κ2) is 49.2. The second-order valence-corrected chi connectivity index (χ2v) is 16.4. The largest absolute Gasteiger partial charge is 0.462 e. The zero-order valence-corrected chi connectivity index (χ0v) is 39.7. The molecule has 6 heteroatoms. The Morgan fingerprint density at radius 2 is 0.607 bits per heavy atom. The Labute approximate surface area is 375 Å². The van der Waals surface area contributed by atoms with Gasteiger partial charge in [0.2, 0.25) is 0 Å². The summed E-state index contributed by atoms with van der Waals surface area (Å²) < 4.78 is 16.7. The van der Waals surface area contributed by atoms with Crippen molar-refractivity contribution in [3.8, 4) is 0 Å². The zero-order chi connectivity index (χ0) is 44.4. The quantitative estimate of drug-likeness (QED) is 0.0263. The van der Waals surface area contributed by atoms with Crippen LogP contribution in [0.1, 0.15) is 226 Å². The number of hydrogen-bond acceptors (Lipinski definition) is 6. The van der Waals surface area contributed by atoms with Crippen molar-refractivity contribution in [1.29, 1.82) is 0 Å². The van der Waals surface area contributed by atoms with E-state index in [0.717, 1.165) is 77.0 Å². The van der Waals surface area contributed by atoms with Gasteiger partial charge in [-0.05, 0) is 96.3 Å². The molecular formula is C55H92O6. The van der Waals surface area contributed by atoms with E-state index >= 15 is 0 Å². The molecule has 61 heavy (non-hydrogen) atoms. The Hall–Kier alpha value is -3.41. The van der Waals surface area contributed by atoms with Gasteiger partial charge in [0.25, 0.3) is 0 Å². The lowest BCUT2D eigenvalue weighted by molar-refractivity contribution is -0.167. The topological polar surface area (TPSA) is 78.9 Å². The third-order valence-corrected chi connectivity index (χ3v) is 10.4. The first-order valence-electron chi connectivity index (χ1n) is 25.1. The third-order valence-electron chi connectivity index (χ3n) is 10.4. The molecule has 0 unspecified atom stereocenters. The van der Waals surface area contributed by atoms with Gasteiger partial charge in [0.05, 0.1) is 0 Å². The smallest absolute Gasteiger partial charge is 0.306 e. The van der Waals surface area contributed by atoms with Gasteiger partial charge in [-0.2, -0.15) is 0 Å². The molecule has 0 aromatic carbocycles. The Balaban J connectivity index is 4.51. The number of hydrogen-bond donors (Lipinski definition) is 0. The number of rotatable bonds is 44. The van der Waals surface area contributed by atoms with Crippen molar-refractivity contribution in [1.82, 2.24) is 0 Å². The summed E-state index contributed by atoms with van der Waals surface area (Å²) >= 11 is 0. The second-order valence-electron chi connectivity index (χ2n) is 16.4. The lowest BCUT2D eigenvalue weighted by Crippen LogP contribution is -2.30. The SMILES string of the molecule is CCCCC/C=C\C/C=C\C/C=C\C/C=C\CCCC(=O)OC[C@H](COC(=O)CCCC/C=C\C/C=C\C/C=C\CCCCC)OC(=O)CCCCCCCCCCCCC. The first-order chi connectivity index (χ1) is 30.0. The van der Waals surface area contributed by atoms with Crippen molar-refractivity contribution in [2.24, 2.45) is 0 Å². The number of carbonyl (C=O) groups excluding carboxylic acids is 3. The summed E-state index contributed by atoms with van der Waals surface area (Å²) in [7, 11) is 0. The van der Waals surface area contributed by atoms with Gasteiger partial charge in [0, 0.05) is 19.3 Å². The van der Waals surface area contributed by atoms with Crippen LogP contribution in [0.4, 0.5) is 0 Å². The lowest BCUT2D eigenvalue weighted by Gasteiger charge is -2.18. The van der Waals surface area contributed by atoms with Crippen molar-refractivity contribution in [3.63, 3.8) is 0 Å². The van der Waals surface area contributed by atoms with E-state index in [1.807, 2.05) is 0 Å². The van der Waals surface area contributed by atoms with Gasteiger partial charge in [0.1, 0.15) is 13.2 Å². The molecule has 6 nitrogen and oxygen atoms in total. The Bertz CT molecular complexity index is 1200. The van der Waals surface area contributed by atoms with Gasteiger partial charge in [-0.3, -0.25) is 14.4 Å². The van der Waals surface area contributed by atoms with Crippen molar-refractivity contribution >= 4 is 17.9 Å². The molecule has 0 amide bonds. The highest BCUT2D eigenvalue weighted by atomic mass is 16.6. The standard InChI is InChI=1S/C55H92O6/c1-4-7-10-13-16-19-22-24-26-27-29-31-34-36-39-42-45-48-54(57)60-51-52(61-55(58)49-46-43-40-37-32-21-18-15-12-9-6-3)50-59-53(56)47-44-41-38-35-33-30-28-25-23-20-17-14-11-8-5-2/h16-17,19-20,24-26,28-29,31,33,35-36,39,52H,4-15,18,21-23,27,30,32,34,37-38,40-51H2,1-3H3/b19-16-,20-17-,26-24-,28-25-,31-29-,35-33-,39-36-/t52-/m0/s1. The van der Waals surface area contributed by atoms with Gasteiger partial charge in [0.15, 0.2) is 6.10 Å². The number of ether oxygens (including phenoxy) is 3. The minimum atomic E-state index is -0.811. The van der Waals surface area contributed by atoms with Crippen LogP contribution in [0.5, 0.6) is 0 Å². The maximum absolute atomic E-state index is 12.7. The molecule has 0 aliphatic rings. The molecule has 0 aromatic rings. The fraction of sp³-hybridized carbons (Fsp3) is 0.691. The van der Waals surface area contributed by atoms with E-state index in [0.29, 0.717) is 19.3 Å². The van der Waals surface area contributed by atoms with Crippen LogP contribution in [0, 0.1) is 0 Å². The van der Waals surface area contributed by atoms with E-state index in [2.05, 4.69) is 106 Å². The average Bonchev–Trinajstić information content (AvgIpc) is 3.26. The zero-order valence-electron chi connectivity index (χ0n) is 39.7. The summed E-state index contributed by atoms with van der Waals surface area (Å²) in [5, 5.41) is 0. The van der Waals surface area contributed by atoms with Gasteiger partial charge in [-0.25, -0.2) is 0 Å². The van der Waals surface area contributed by atoms with Gasteiger partial charge >= 0.3 is 17.9 Å². The van der Waals surface area contributed by atoms with Crippen molar-refractivity contribution in [2.45, 2.75) is 232 Å². The molecule has 0 N–H and O–H groups in total. The van der Waals surface area contributed by atoms with E-state index in [-0.39, 0.29) is 37.5 Å². The van der Waals surface area contributed by atoms with Crippen LogP contribution < -0.4 is 0 Å². The molecular weight excluding hydrogens is 757 g/mol. The summed E-state index contributed by atoms with van der Waals surface area (Å²) in [5.74, 6) is -1.01. The highest BCUT2D eigenvalue weighted by Gasteiger charge is 2.19. The molecule has 0 aliphatic heterocycles. The van der Waals surface area contributed by atoms with Crippen LogP contribution in [0.2, 0.25) is 0 Å². The number of carbonyl (C=O) groups is 3. The number of unbranched alkanes of at least 4 members (excludes halogenated alkanes) is 19. The molecule has 0 heterocycles. The molecule has 0 bridgehead atoms. The fourth-order valence-electron chi connectivity index (χ4n) is 6.56. The molecule has 0 radical (unpaired) electrons. The molecule has 0 fully saturated rings. The molecule has 1 atom stereocenters. The molecule has 348 valence electrons. The predicted octanol–water partition coefficient (Wildman–Crippen LogP) is 16.4. The Morgan fingerprint density at radius 1 is 0.328 bits per heavy atom. The maximum Gasteiger partial charge on any atom is 0.306 e. The van der Waals surface area contributed by atoms with Crippen LogP contribution >= 0.6 is 0 Å². The normalized spacial score (nSPS) is 12.8. The molecule has 0 spiro atoms. The Morgan fingerprint density at radius 3 is 1.02 bits per heavy atom. The van der Waals surface area contributed by atoms with E-state index in [9.17, 15) is 14.4 Å². The molecule has 0 aliphatic carbocycles. The van der Waals surface area contributed by atoms with Gasteiger partial charge < -0.3 is 14.2 Å². The first-order valence-corrected chi connectivity index (χ1v) is 25.1. The van der Waals surface area contributed by atoms with Crippen LogP contribution in [0.3, 0.4) is 0 Å². The van der Waals surface area contributed by atoms with Gasteiger partial charge in [-0.15, -0.1) is 0 Å². The summed E-state index contributed by atoms with van der Waals surface area (Å²) in [4.78, 5) is 37.9. The van der Waals surface area contributed by atoms with Crippen molar-refractivity contribution in [2.75, 3.05) is 13.2 Å². The van der Waals surface area contributed by atoms with Crippen LogP contribution in [0.25, 0.3) is 0 Å². The minimum Gasteiger partial charge on any atom is -0.462 e. The minimum absolute atomic E-state index is 0.113. The van der Waals surface area contributed by atoms with Gasteiger partial charge in [-0.1, -0.05) is 196 Å². The summed E-state index contributed by atoms with van der Waals surface area (Å²) in [6, 6.07) is 0. The van der Waals surface area contributed by atoms with E-state index < -0.39 is 6.10 Å². The third kappa shape index (κ3) is 47.5. The Kier molecular flexibility index (Phi) is 46.5. The van der Waals surface area contributed by atoms with Crippen LogP contribution in [0.15, 0.2) is 85.1 Å². The van der Waals surface area contributed by atoms with Crippen LogP contribution in [-0.4, -0.2) is 37.2 Å². The summed E-state index contributed by atoms with van der Waals surface area (Å²) in [6.45, 7) is 6.48. The summed E-state index contributed by atoms with van der Waals surface area (Å²) in [6.07, 6.45) is 62.8. The maximum atomic E-state index is 12.7. The highest BCUT2D eigenvalue weighted by Crippen LogP contribution is 2.13. The van der Waals surface area contributed by atoms with E-state index in [4.69, 9.17) is 14.2 Å². The average molecular weight is 849 g/mol. The van der Waals surface area contributed by atoms with Crippen molar-refractivity contribution in [3.05, 3.63) is 85.1 Å². The van der Waals surface area contributed by atoms with Crippen molar-refractivity contribution < 1.29 is 28.6 Å².